The first-order chi connectivity index (χ1) is 11.7. The molecule has 1 aliphatic rings. The number of hydrogen-bond acceptors (Lipinski definition) is 3. The molecule has 0 spiro atoms. The van der Waals surface area contributed by atoms with E-state index in [9.17, 15) is 4.79 Å². The largest absolute Gasteiger partial charge is 0.300 e. The summed E-state index contributed by atoms with van der Waals surface area (Å²) in [4.78, 5) is 17.1. The van der Waals surface area contributed by atoms with Gasteiger partial charge in [-0.05, 0) is 17.7 Å². The first kappa shape index (κ1) is 23.1. The maximum absolute atomic E-state index is 12.3. The smallest absolute Gasteiger partial charge is 0.164 e. The van der Waals surface area contributed by atoms with E-state index in [1.807, 2.05) is 24.3 Å². The average Bonchev–Trinajstić information content (AvgIpc) is 2.62. The Morgan fingerprint density at radius 3 is 2.04 bits per heavy atom. The van der Waals surface area contributed by atoms with Gasteiger partial charge < -0.3 is 4.90 Å². The van der Waals surface area contributed by atoms with Crippen molar-refractivity contribution >= 4 is 46.5 Å². The minimum absolute atomic E-state index is 0. The Bertz CT molecular complexity index is 659. The predicted molar refractivity (Wildman–Crippen MR) is 116 cm³/mol. The highest BCUT2D eigenvalue weighted by molar-refractivity contribution is 9.10. The van der Waals surface area contributed by atoms with E-state index in [-0.39, 0.29) is 30.6 Å². The molecule has 1 heterocycles. The SMILES string of the molecule is Cl.Cl.O=C(CCN1CCN(Cc2ccccc2)CC1)c1ccc(Br)cc1. The Morgan fingerprint density at radius 2 is 1.42 bits per heavy atom. The molecule has 0 atom stereocenters. The highest BCUT2D eigenvalue weighted by Gasteiger charge is 2.17. The molecule has 3 nitrogen and oxygen atoms in total. The lowest BCUT2D eigenvalue weighted by atomic mass is 10.1. The van der Waals surface area contributed by atoms with Crippen molar-refractivity contribution in [2.24, 2.45) is 0 Å². The molecule has 0 saturated carbocycles. The Kier molecular flexibility index (Phi) is 10.4. The van der Waals surface area contributed by atoms with Crippen LogP contribution in [0.5, 0.6) is 0 Å². The lowest BCUT2D eigenvalue weighted by Crippen LogP contribution is -2.46. The summed E-state index contributed by atoms with van der Waals surface area (Å²) in [6, 6.07) is 18.3. The third-order valence-electron chi connectivity index (χ3n) is 4.54. The van der Waals surface area contributed by atoms with Crippen molar-refractivity contribution in [3.63, 3.8) is 0 Å². The van der Waals surface area contributed by atoms with Crippen LogP contribution in [-0.2, 0) is 6.54 Å². The van der Waals surface area contributed by atoms with Crippen LogP contribution in [0.25, 0.3) is 0 Å². The van der Waals surface area contributed by atoms with Crippen LogP contribution in [0.3, 0.4) is 0 Å². The molecule has 1 saturated heterocycles. The second-order valence-corrected chi connectivity index (χ2v) is 7.20. The van der Waals surface area contributed by atoms with Crippen LogP contribution in [0.15, 0.2) is 59.1 Å². The summed E-state index contributed by atoms with van der Waals surface area (Å²) < 4.78 is 1.01. The van der Waals surface area contributed by atoms with Gasteiger partial charge >= 0.3 is 0 Å². The van der Waals surface area contributed by atoms with Crippen LogP contribution in [-0.4, -0.2) is 48.3 Å². The van der Waals surface area contributed by atoms with Crippen LogP contribution in [0.4, 0.5) is 0 Å². The summed E-state index contributed by atoms with van der Waals surface area (Å²) in [5.41, 5.74) is 2.18. The summed E-state index contributed by atoms with van der Waals surface area (Å²) in [6.07, 6.45) is 0.598. The normalized spacial score (nSPS) is 15.0. The number of halogens is 3. The maximum Gasteiger partial charge on any atom is 0.164 e. The molecule has 0 N–H and O–H groups in total. The fourth-order valence-corrected chi connectivity index (χ4v) is 3.32. The van der Waals surface area contributed by atoms with E-state index in [0.717, 1.165) is 49.3 Å². The fraction of sp³-hybridized carbons (Fsp3) is 0.350. The second kappa shape index (κ2) is 11.7. The van der Waals surface area contributed by atoms with E-state index in [1.54, 1.807) is 0 Å². The topological polar surface area (TPSA) is 23.6 Å². The van der Waals surface area contributed by atoms with Gasteiger partial charge in [-0.25, -0.2) is 0 Å². The van der Waals surface area contributed by atoms with Gasteiger partial charge in [-0.15, -0.1) is 24.8 Å². The summed E-state index contributed by atoms with van der Waals surface area (Å²) >= 11 is 3.40. The molecule has 0 bridgehead atoms. The van der Waals surface area contributed by atoms with Gasteiger partial charge in [-0.3, -0.25) is 9.69 Å². The first-order valence-electron chi connectivity index (χ1n) is 8.48. The molecule has 3 rings (SSSR count). The number of ketones is 1. The molecule has 0 amide bonds. The molecule has 2 aromatic rings. The third kappa shape index (κ3) is 7.01. The predicted octanol–water partition coefficient (Wildman–Crippen LogP) is 4.68. The molecule has 0 aliphatic carbocycles. The number of rotatable bonds is 6. The van der Waals surface area contributed by atoms with Gasteiger partial charge in [0.15, 0.2) is 5.78 Å². The monoisotopic (exact) mass is 458 g/mol. The van der Waals surface area contributed by atoms with E-state index >= 15 is 0 Å². The maximum atomic E-state index is 12.3. The van der Waals surface area contributed by atoms with Gasteiger partial charge in [0.25, 0.3) is 0 Å². The van der Waals surface area contributed by atoms with E-state index in [2.05, 4.69) is 56.1 Å². The van der Waals surface area contributed by atoms with Gasteiger partial charge in [-0.2, -0.15) is 0 Å². The van der Waals surface area contributed by atoms with E-state index in [4.69, 9.17) is 0 Å². The highest BCUT2D eigenvalue weighted by Crippen LogP contribution is 2.13. The molecule has 2 aromatic carbocycles. The minimum Gasteiger partial charge on any atom is -0.300 e. The van der Waals surface area contributed by atoms with Gasteiger partial charge in [0.2, 0.25) is 0 Å². The molecular weight excluding hydrogens is 435 g/mol. The standard InChI is InChI=1S/C20H23BrN2O.2ClH/c21-19-8-6-18(7-9-19)20(24)10-11-22-12-14-23(15-13-22)16-17-4-2-1-3-5-17;;/h1-9H,10-16H2;2*1H. The number of carbonyl (C=O) groups excluding carboxylic acids is 1. The van der Waals surface area contributed by atoms with Crippen molar-refractivity contribution in [3.8, 4) is 0 Å². The van der Waals surface area contributed by atoms with E-state index < -0.39 is 0 Å². The molecule has 142 valence electrons. The average molecular weight is 460 g/mol. The van der Waals surface area contributed by atoms with Crippen molar-refractivity contribution in [1.82, 2.24) is 9.80 Å². The summed E-state index contributed by atoms with van der Waals surface area (Å²) in [7, 11) is 0. The number of carbonyl (C=O) groups is 1. The molecule has 1 aliphatic heterocycles. The highest BCUT2D eigenvalue weighted by atomic mass is 79.9. The quantitative estimate of drug-likeness (QED) is 0.585. The van der Waals surface area contributed by atoms with Gasteiger partial charge in [0.1, 0.15) is 0 Å². The molecular formula is C20H25BrCl2N2O. The zero-order valence-electron chi connectivity index (χ0n) is 14.6. The van der Waals surface area contributed by atoms with Crippen LogP contribution < -0.4 is 0 Å². The van der Waals surface area contributed by atoms with E-state index in [1.165, 1.54) is 5.56 Å². The summed E-state index contributed by atoms with van der Waals surface area (Å²) in [6.45, 7) is 6.10. The fourth-order valence-electron chi connectivity index (χ4n) is 3.05. The zero-order chi connectivity index (χ0) is 16.8. The lowest BCUT2D eigenvalue weighted by Gasteiger charge is -2.34. The zero-order valence-corrected chi connectivity index (χ0v) is 17.9. The Hall–Kier alpha value is -0.910. The number of benzene rings is 2. The lowest BCUT2D eigenvalue weighted by molar-refractivity contribution is 0.0922. The second-order valence-electron chi connectivity index (χ2n) is 6.28. The summed E-state index contributed by atoms with van der Waals surface area (Å²) in [5, 5.41) is 0. The molecule has 0 unspecified atom stereocenters. The van der Waals surface area contributed by atoms with Gasteiger partial charge in [0.05, 0.1) is 0 Å². The molecule has 1 fully saturated rings. The van der Waals surface area contributed by atoms with Crippen molar-refractivity contribution in [3.05, 3.63) is 70.2 Å². The molecule has 26 heavy (non-hydrogen) atoms. The molecule has 0 radical (unpaired) electrons. The Morgan fingerprint density at radius 1 is 0.846 bits per heavy atom. The Balaban J connectivity index is 0.00000169. The molecule has 6 heteroatoms. The van der Waals surface area contributed by atoms with E-state index in [0.29, 0.717) is 6.42 Å². The van der Waals surface area contributed by atoms with Gasteiger partial charge in [-0.1, -0.05) is 58.4 Å². The summed E-state index contributed by atoms with van der Waals surface area (Å²) in [5.74, 6) is 0.231. The van der Waals surface area contributed by atoms with Crippen molar-refractivity contribution < 1.29 is 4.79 Å². The van der Waals surface area contributed by atoms with Crippen LogP contribution in [0.1, 0.15) is 22.3 Å². The van der Waals surface area contributed by atoms with Crippen LogP contribution >= 0.6 is 40.7 Å². The van der Waals surface area contributed by atoms with Crippen molar-refractivity contribution in [2.45, 2.75) is 13.0 Å². The number of piperazine rings is 1. The van der Waals surface area contributed by atoms with Crippen LogP contribution in [0, 0.1) is 0 Å². The number of nitrogens with zero attached hydrogens (tertiary/aromatic N) is 2. The van der Waals surface area contributed by atoms with Gasteiger partial charge in [0, 0.05) is 55.7 Å². The van der Waals surface area contributed by atoms with Crippen LogP contribution in [0.2, 0.25) is 0 Å². The molecule has 0 aromatic heterocycles. The Labute approximate surface area is 176 Å². The third-order valence-corrected chi connectivity index (χ3v) is 5.06. The number of Topliss-reactive ketones (excluding diaryl/α,β-unsaturated/α-hetero) is 1. The first-order valence-corrected chi connectivity index (χ1v) is 9.27. The van der Waals surface area contributed by atoms with Crippen molar-refractivity contribution in [2.75, 3.05) is 32.7 Å². The van der Waals surface area contributed by atoms with Crippen molar-refractivity contribution in [1.29, 1.82) is 0 Å². The number of hydrogen-bond donors (Lipinski definition) is 0. The minimum atomic E-state index is 0.